The quantitative estimate of drug-likeness (QED) is 0.522. The Kier molecular flexibility index (Phi) is 7.90. The van der Waals surface area contributed by atoms with Crippen LogP contribution in [-0.2, 0) is 0 Å². The first-order valence-corrected chi connectivity index (χ1v) is 10.7. The van der Waals surface area contributed by atoms with Crippen LogP contribution in [0.25, 0.3) is 0 Å². The molecular formula is C22H29ClN4O3. The highest BCUT2D eigenvalue weighted by Crippen LogP contribution is 2.37. The first-order valence-electron chi connectivity index (χ1n) is 10.4. The molecule has 3 rings (SSSR count). The topological polar surface area (TPSA) is 84.5 Å². The minimum Gasteiger partial charge on any atom is -0.490 e. The zero-order valence-corrected chi connectivity index (χ0v) is 18.3. The van der Waals surface area contributed by atoms with Crippen LogP contribution in [0.4, 0.5) is 0 Å². The van der Waals surface area contributed by atoms with Crippen molar-refractivity contribution in [2.45, 2.75) is 45.8 Å². The summed E-state index contributed by atoms with van der Waals surface area (Å²) in [5, 5.41) is 3.39. The van der Waals surface area contributed by atoms with Gasteiger partial charge in [-0.15, -0.1) is 0 Å². The van der Waals surface area contributed by atoms with E-state index in [0.717, 1.165) is 18.4 Å². The van der Waals surface area contributed by atoms with Crippen molar-refractivity contribution < 1.29 is 14.3 Å². The maximum Gasteiger partial charge on any atom is 0.252 e. The summed E-state index contributed by atoms with van der Waals surface area (Å²) in [6, 6.07) is 7.29. The number of nitrogens with one attached hydrogen (secondary N) is 3. The molecule has 1 aromatic heterocycles. The summed E-state index contributed by atoms with van der Waals surface area (Å²) in [6.45, 7) is 7.05. The number of halogens is 1. The number of nitrogens with zero attached hydrogens (tertiary/aromatic N) is 1. The summed E-state index contributed by atoms with van der Waals surface area (Å²) in [7, 11) is 0. The Morgan fingerprint density at radius 2 is 1.97 bits per heavy atom. The van der Waals surface area contributed by atoms with Gasteiger partial charge in [-0.3, -0.25) is 9.78 Å². The van der Waals surface area contributed by atoms with Crippen molar-refractivity contribution in [2.75, 3.05) is 13.2 Å². The molecule has 1 aliphatic rings. The molecule has 0 saturated carbocycles. The van der Waals surface area contributed by atoms with Gasteiger partial charge in [0, 0.05) is 23.9 Å². The summed E-state index contributed by atoms with van der Waals surface area (Å²) in [5.74, 6) is 0.844. The predicted octanol–water partition coefficient (Wildman–Crippen LogP) is 3.85. The number of rotatable bonds is 9. The number of carbonyl (C=O) groups excluding carboxylic acids is 1. The number of amides is 1. The lowest BCUT2D eigenvalue weighted by atomic mass is 9.95. The average molecular weight is 433 g/mol. The fourth-order valence-corrected chi connectivity index (χ4v) is 3.67. The Bertz CT molecular complexity index is 850. The number of pyridine rings is 1. The molecule has 162 valence electrons. The van der Waals surface area contributed by atoms with Crippen LogP contribution in [0.2, 0.25) is 5.02 Å². The summed E-state index contributed by atoms with van der Waals surface area (Å²) in [6.07, 6.45) is 5.21. The van der Waals surface area contributed by atoms with Crippen molar-refractivity contribution in [1.29, 1.82) is 0 Å². The smallest absolute Gasteiger partial charge is 0.252 e. The normalized spacial score (nSPS) is 20.7. The third kappa shape index (κ3) is 5.22. The van der Waals surface area contributed by atoms with E-state index in [1.165, 1.54) is 0 Å². The summed E-state index contributed by atoms with van der Waals surface area (Å²) in [4.78, 5) is 17.0. The number of hydrazine groups is 1. The van der Waals surface area contributed by atoms with Crippen molar-refractivity contribution >= 4 is 17.5 Å². The number of hydrogen-bond donors (Lipinski definition) is 3. The zero-order valence-electron chi connectivity index (χ0n) is 17.6. The van der Waals surface area contributed by atoms with E-state index < -0.39 is 0 Å². The van der Waals surface area contributed by atoms with Gasteiger partial charge in [0.1, 0.15) is 0 Å². The van der Waals surface area contributed by atoms with E-state index in [1.807, 2.05) is 19.1 Å². The van der Waals surface area contributed by atoms with E-state index >= 15 is 0 Å². The van der Waals surface area contributed by atoms with Gasteiger partial charge in [-0.2, -0.15) is 0 Å². The molecule has 1 aromatic carbocycles. The molecule has 3 atom stereocenters. The molecule has 0 radical (unpaired) electrons. The summed E-state index contributed by atoms with van der Waals surface area (Å²) in [5.41, 5.74) is 7.94. The van der Waals surface area contributed by atoms with E-state index in [0.29, 0.717) is 35.3 Å². The number of hydrogen-bond acceptors (Lipinski definition) is 6. The Balaban J connectivity index is 1.72. The van der Waals surface area contributed by atoms with E-state index in [-0.39, 0.29) is 24.0 Å². The second kappa shape index (κ2) is 10.6. The predicted molar refractivity (Wildman–Crippen MR) is 117 cm³/mol. The van der Waals surface area contributed by atoms with Crippen LogP contribution in [0.5, 0.6) is 11.5 Å². The van der Waals surface area contributed by atoms with Gasteiger partial charge in [0.15, 0.2) is 11.5 Å². The fourth-order valence-electron chi connectivity index (χ4n) is 3.41. The lowest BCUT2D eigenvalue weighted by Crippen LogP contribution is -2.46. The van der Waals surface area contributed by atoms with Crippen LogP contribution in [0.1, 0.15) is 55.6 Å². The molecular weight excluding hydrogens is 404 g/mol. The second-order valence-corrected chi connectivity index (χ2v) is 7.68. The molecule has 8 heteroatoms. The van der Waals surface area contributed by atoms with Gasteiger partial charge in [-0.25, -0.2) is 10.9 Å². The Labute approximate surface area is 182 Å². The van der Waals surface area contributed by atoms with E-state index in [1.54, 1.807) is 24.5 Å². The SMILES string of the molecule is CCCCOc1c(Cl)cc(C(=O)NC2NNC(c3ccncc3)C2C)cc1OCC. The largest absolute Gasteiger partial charge is 0.490 e. The molecule has 1 amide bonds. The van der Waals surface area contributed by atoms with E-state index in [4.69, 9.17) is 21.1 Å². The number of unbranched alkanes of at least 4 members (excludes halogenated alkanes) is 1. The molecule has 2 aromatic rings. The summed E-state index contributed by atoms with van der Waals surface area (Å²) >= 11 is 6.42. The Morgan fingerprint density at radius 1 is 1.20 bits per heavy atom. The second-order valence-electron chi connectivity index (χ2n) is 7.28. The minimum atomic E-state index is -0.245. The van der Waals surface area contributed by atoms with E-state index in [2.05, 4.69) is 35.0 Å². The van der Waals surface area contributed by atoms with Crippen LogP contribution in [0.3, 0.4) is 0 Å². The maximum atomic E-state index is 12.9. The minimum absolute atomic E-state index is 0.0650. The van der Waals surface area contributed by atoms with E-state index in [9.17, 15) is 4.79 Å². The van der Waals surface area contributed by atoms with Crippen LogP contribution in [-0.4, -0.2) is 30.3 Å². The number of aromatic nitrogens is 1. The van der Waals surface area contributed by atoms with Gasteiger partial charge in [0.25, 0.3) is 5.91 Å². The molecule has 1 aliphatic heterocycles. The molecule has 0 aliphatic carbocycles. The van der Waals surface area contributed by atoms with Gasteiger partial charge < -0.3 is 14.8 Å². The van der Waals surface area contributed by atoms with Gasteiger partial charge in [-0.1, -0.05) is 31.9 Å². The highest BCUT2D eigenvalue weighted by Gasteiger charge is 2.34. The fraction of sp³-hybridized carbons (Fsp3) is 0.455. The maximum absolute atomic E-state index is 12.9. The Hall–Kier alpha value is -2.35. The highest BCUT2D eigenvalue weighted by atomic mass is 35.5. The molecule has 3 unspecified atom stereocenters. The lowest BCUT2D eigenvalue weighted by molar-refractivity contribution is 0.0922. The number of ether oxygens (including phenoxy) is 2. The monoisotopic (exact) mass is 432 g/mol. The van der Waals surface area contributed by atoms with Gasteiger partial charge in [0.2, 0.25) is 0 Å². The van der Waals surface area contributed by atoms with Crippen molar-refractivity contribution in [1.82, 2.24) is 21.2 Å². The van der Waals surface area contributed by atoms with Gasteiger partial charge in [0.05, 0.1) is 30.4 Å². The van der Waals surface area contributed by atoms with Gasteiger partial charge >= 0.3 is 0 Å². The highest BCUT2D eigenvalue weighted by molar-refractivity contribution is 6.32. The van der Waals surface area contributed by atoms with Crippen molar-refractivity contribution in [3.05, 3.63) is 52.8 Å². The molecule has 30 heavy (non-hydrogen) atoms. The van der Waals surface area contributed by atoms with Crippen LogP contribution in [0, 0.1) is 5.92 Å². The third-order valence-corrected chi connectivity index (χ3v) is 5.39. The molecule has 1 saturated heterocycles. The van der Waals surface area contributed by atoms with Crippen LogP contribution >= 0.6 is 11.6 Å². The molecule has 1 fully saturated rings. The molecule has 7 nitrogen and oxygen atoms in total. The van der Waals surface area contributed by atoms with Crippen molar-refractivity contribution in [3.63, 3.8) is 0 Å². The molecule has 3 N–H and O–H groups in total. The zero-order chi connectivity index (χ0) is 21.5. The number of benzene rings is 1. The van der Waals surface area contributed by atoms with Crippen molar-refractivity contribution in [3.8, 4) is 11.5 Å². The first-order chi connectivity index (χ1) is 14.5. The summed E-state index contributed by atoms with van der Waals surface area (Å²) < 4.78 is 11.5. The Morgan fingerprint density at radius 3 is 2.67 bits per heavy atom. The van der Waals surface area contributed by atoms with Crippen LogP contribution in [0.15, 0.2) is 36.7 Å². The third-order valence-electron chi connectivity index (χ3n) is 5.11. The number of carbonyl (C=O) groups is 1. The molecule has 0 spiro atoms. The molecule has 0 bridgehead atoms. The first kappa shape index (κ1) is 22.3. The standard InChI is InChI=1S/C22H29ClN4O3/c1-4-6-11-30-20-17(23)12-16(13-18(20)29-5-2)22(28)25-21-14(3)19(26-27-21)15-7-9-24-10-8-15/h7-10,12-14,19,21,26-27H,4-6,11H2,1-3H3,(H,25,28). The van der Waals surface area contributed by atoms with Crippen molar-refractivity contribution in [2.24, 2.45) is 5.92 Å². The lowest BCUT2D eigenvalue weighted by Gasteiger charge is -2.20. The average Bonchev–Trinajstić information content (AvgIpc) is 3.10. The van der Waals surface area contributed by atoms with Crippen LogP contribution < -0.4 is 25.6 Å². The molecule has 2 heterocycles. The van der Waals surface area contributed by atoms with Gasteiger partial charge in [-0.05, 0) is 43.2 Å².